The van der Waals surface area contributed by atoms with Gasteiger partial charge in [-0.3, -0.25) is 9.20 Å². The number of aryl methyl sites for hydroxylation is 1. The van der Waals surface area contributed by atoms with E-state index in [9.17, 15) is 4.79 Å². The highest BCUT2D eigenvalue weighted by Gasteiger charge is 2.20. The SMILES string of the molecule is Cc1nnc(CN(C)C(=O)c2csc3nc(-c4ccc(Cl)cc4)cn23)o1. The fraction of sp³-hybridized carbons (Fsp3) is 0.176. The van der Waals surface area contributed by atoms with Crippen LogP contribution in [0, 0.1) is 6.92 Å². The zero-order valence-electron chi connectivity index (χ0n) is 14.0. The predicted molar refractivity (Wildman–Crippen MR) is 98.3 cm³/mol. The van der Waals surface area contributed by atoms with Gasteiger partial charge >= 0.3 is 0 Å². The fourth-order valence-corrected chi connectivity index (χ4v) is 3.54. The van der Waals surface area contributed by atoms with Gasteiger partial charge in [0, 0.05) is 36.1 Å². The van der Waals surface area contributed by atoms with Crippen LogP contribution in [0.3, 0.4) is 0 Å². The molecule has 3 aromatic heterocycles. The van der Waals surface area contributed by atoms with Crippen LogP contribution in [0.2, 0.25) is 5.02 Å². The Balaban J connectivity index is 1.61. The monoisotopic (exact) mass is 387 g/mol. The van der Waals surface area contributed by atoms with E-state index in [0.29, 0.717) is 22.5 Å². The maximum absolute atomic E-state index is 12.8. The number of imidazole rings is 1. The van der Waals surface area contributed by atoms with Crippen LogP contribution in [0.25, 0.3) is 16.2 Å². The van der Waals surface area contributed by atoms with E-state index in [1.54, 1.807) is 23.8 Å². The number of halogens is 1. The molecule has 0 N–H and O–H groups in total. The smallest absolute Gasteiger partial charge is 0.271 e. The lowest BCUT2D eigenvalue weighted by atomic mass is 10.2. The summed E-state index contributed by atoms with van der Waals surface area (Å²) >= 11 is 7.35. The quantitative estimate of drug-likeness (QED) is 0.533. The highest BCUT2D eigenvalue weighted by molar-refractivity contribution is 7.15. The Labute approximate surface area is 157 Å². The van der Waals surface area contributed by atoms with Gasteiger partial charge in [0.05, 0.1) is 12.2 Å². The highest BCUT2D eigenvalue weighted by atomic mass is 35.5. The summed E-state index contributed by atoms with van der Waals surface area (Å²) in [6.07, 6.45) is 1.85. The van der Waals surface area contributed by atoms with E-state index in [1.807, 2.05) is 30.5 Å². The minimum Gasteiger partial charge on any atom is -0.424 e. The maximum Gasteiger partial charge on any atom is 0.271 e. The Morgan fingerprint density at radius 1 is 1.31 bits per heavy atom. The minimum atomic E-state index is -0.146. The van der Waals surface area contributed by atoms with E-state index >= 15 is 0 Å². The first-order valence-electron chi connectivity index (χ1n) is 7.78. The molecule has 4 aromatic rings. The molecule has 0 aliphatic carbocycles. The van der Waals surface area contributed by atoms with Gasteiger partial charge in [-0.05, 0) is 12.1 Å². The molecule has 0 fully saturated rings. The molecule has 26 heavy (non-hydrogen) atoms. The number of hydrogen-bond acceptors (Lipinski definition) is 6. The van der Waals surface area contributed by atoms with E-state index in [4.69, 9.17) is 16.0 Å². The van der Waals surface area contributed by atoms with Gasteiger partial charge in [0.25, 0.3) is 5.91 Å². The molecule has 0 saturated heterocycles. The van der Waals surface area contributed by atoms with Crippen molar-refractivity contribution in [2.45, 2.75) is 13.5 Å². The minimum absolute atomic E-state index is 0.146. The summed E-state index contributed by atoms with van der Waals surface area (Å²) in [7, 11) is 1.70. The number of fused-ring (bicyclic) bond motifs is 1. The zero-order chi connectivity index (χ0) is 18.3. The van der Waals surface area contributed by atoms with Crippen LogP contribution < -0.4 is 0 Å². The second kappa shape index (κ2) is 6.54. The molecule has 0 radical (unpaired) electrons. The van der Waals surface area contributed by atoms with Crippen LogP contribution in [-0.4, -0.2) is 37.4 Å². The number of rotatable bonds is 4. The van der Waals surface area contributed by atoms with Crippen LogP contribution in [-0.2, 0) is 6.54 Å². The van der Waals surface area contributed by atoms with E-state index in [1.165, 1.54) is 16.2 Å². The lowest BCUT2D eigenvalue weighted by Crippen LogP contribution is -2.27. The van der Waals surface area contributed by atoms with Crippen LogP contribution in [0.4, 0.5) is 0 Å². The number of carbonyl (C=O) groups is 1. The molecule has 132 valence electrons. The molecule has 0 unspecified atom stereocenters. The van der Waals surface area contributed by atoms with Gasteiger partial charge in [-0.2, -0.15) is 0 Å². The zero-order valence-corrected chi connectivity index (χ0v) is 15.6. The first kappa shape index (κ1) is 16.7. The molecular formula is C17H14ClN5O2S. The van der Waals surface area contributed by atoms with Gasteiger partial charge in [0.1, 0.15) is 5.69 Å². The highest BCUT2D eigenvalue weighted by Crippen LogP contribution is 2.25. The number of benzene rings is 1. The second-order valence-corrected chi connectivity index (χ2v) is 7.06. The Hall–Kier alpha value is -2.71. The van der Waals surface area contributed by atoms with Crippen molar-refractivity contribution in [2.75, 3.05) is 7.05 Å². The number of thiazole rings is 1. The first-order chi connectivity index (χ1) is 12.5. The van der Waals surface area contributed by atoms with E-state index in [0.717, 1.165) is 16.2 Å². The molecule has 0 aliphatic heterocycles. The van der Waals surface area contributed by atoms with Crippen molar-refractivity contribution < 1.29 is 9.21 Å². The van der Waals surface area contributed by atoms with Crippen LogP contribution in [0.1, 0.15) is 22.3 Å². The molecule has 0 spiro atoms. The largest absolute Gasteiger partial charge is 0.424 e. The van der Waals surface area contributed by atoms with Gasteiger partial charge in [0.2, 0.25) is 11.8 Å². The van der Waals surface area contributed by atoms with Crippen LogP contribution in [0.5, 0.6) is 0 Å². The molecular weight excluding hydrogens is 374 g/mol. The molecule has 0 saturated carbocycles. The topological polar surface area (TPSA) is 76.5 Å². The van der Waals surface area contributed by atoms with Gasteiger partial charge in [-0.25, -0.2) is 4.98 Å². The third kappa shape index (κ3) is 3.09. The summed E-state index contributed by atoms with van der Waals surface area (Å²) in [6, 6.07) is 7.44. The number of aromatic nitrogens is 4. The van der Waals surface area contributed by atoms with Gasteiger partial charge in [-0.1, -0.05) is 23.7 Å². The molecule has 0 aliphatic rings. The molecule has 0 atom stereocenters. The lowest BCUT2D eigenvalue weighted by molar-refractivity contribution is 0.0766. The Kier molecular flexibility index (Phi) is 4.21. The van der Waals surface area contributed by atoms with Crippen molar-refractivity contribution in [3.63, 3.8) is 0 Å². The van der Waals surface area contributed by atoms with Crippen molar-refractivity contribution in [1.29, 1.82) is 0 Å². The Bertz CT molecular complexity index is 1080. The standard InChI is InChI=1S/C17H14ClN5O2S/c1-10-20-21-15(25-10)8-22(2)16(24)14-9-26-17-19-13(7-23(14)17)11-3-5-12(18)6-4-11/h3-7,9H,8H2,1-2H3. The van der Waals surface area contributed by atoms with Crippen LogP contribution in [0.15, 0.2) is 40.3 Å². The van der Waals surface area contributed by atoms with E-state index < -0.39 is 0 Å². The number of hydrogen-bond donors (Lipinski definition) is 0. The summed E-state index contributed by atoms with van der Waals surface area (Å²) in [5.74, 6) is 0.727. The number of amides is 1. The normalized spacial score (nSPS) is 11.2. The Morgan fingerprint density at radius 2 is 2.08 bits per heavy atom. The first-order valence-corrected chi connectivity index (χ1v) is 9.04. The van der Waals surface area contributed by atoms with Crippen molar-refractivity contribution >= 4 is 33.8 Å². The van der Waals surface area contributed by atoms with Crippen molar-refractivity contribution in [3.05, 3.63) is 58.3 Å². The molecule has 1 amide bonds. The van der Waals surface area contributed by atoms with Gasteiger partial charge in [-0.15, -0.1) is 21.5 Å². The fourth-order valence-electron chi connectivity index (χ4n) is 2.57. The molecule has 0 bridgehead atoms. The Morgan fingerprint density at radius 3 is 2.77 bits per heavy atom. The molecule has 4 rings (SSSR count). The van der Waals surface area contributed by atoms with Crippen LogP contribution >= 0.6 is 22.9 Å². The summed E-state index contributed by atoms with van der Waals surface area (Å²) < 4.78 is 7.14. The van der Waals surface area contributed by atoms with Crippen molar-refractivity contribution in [2.24, 2.45) is 0 Å². The average Bonchev–Trinajstić information content (AvgIpc) is 3.30. The molecule has 7 nitrogen and oxygen atoms in total. The van der Waals surface area contributed by atoms with Crippen molar-refractivity contribution in [3.8, 4) is 11.3 Å². The third-order valence-corrected chi connectivity index (χ3v) is 4.95. The average molecular weight is 388 g/mol. The predicted octanol–water partition coefficient (Wildman–Crippen LogP) is 3.68. The summed E-state index contributed by atoms with van der Waals surface area (Å²) in [6.45, 7) is 1.96. The summed E-state index contributed by atoms with van der Waals surface area (Å²) in [5, 5.41) is 10.2. The third-order valence-electron chi connectivity index (χ3n) is 3.86. The van der Waals surface area contributed by atoms with Crippen molar-refractivity contribution in [1.82, 2.24) is 24.5 Å². The molecule has 1 aromatic carbocycles. The summed E-state index contributed by atoms with van der Waals surface area (Å²) in [5.41, 5.74) is 2.27. The molecule has 3 heterocycles. The molecule has 9 heteroatoms. The lowest BCUT2D eigenvalue weighted by Gasteiger charge is -2.13. The summed E-state index contributed by atoms with van der Waals surface area (Å²) in [4.78, 5) is 19.7. The van der Waals surface area contributed by atoms with Gasteiger partial charge < -0.3 is 9.32 Å². The van der Waals surface area contributed by atoms with E-state index in [-0.39, 0.29) is 12.5 Å². The van der Waals surface area contributed by atoms with Gasteiger partial charge in [0.15, 0.2) is 4.96 Å². The number of carbonyl (C=O) groups excluding carboxylic acids is 1. The van der Waals surface area contributed by atoms with E-state index in [2.05, 4.69) is 15.2 Å². The number of nitrogens with zero attached hydrogens (tertiary/aromatic N) is 5. The second-order valence-electron chi connectivity index (χ2n) is 5.78. The maximum atomic E-state index is 12.8.